The smallest absolute Gasteiger partial charge is 0.310 e. The fraction of sp³-hybridized carbons (Fsp3) is 0.333. The zero-order valence-corrected chi connectivity index (χ0v) is 18.5. The van der Waals surface area contributed by atoms with Gasteiger partial charge in [0.25, 0.3) is 0 Å². The summed E-state index contributed by atoms with van der Waals surface area (Å²) < 4.78 is 28.5. The SMILES string of the molecule is CCOc1ccc(C[C@@H](CNC(=O)CCc2nc(-c3ccc(F)cc3)no2)C(=O)OC)cc1. The monoisotopic (exact) mass is 455 g/mol. The topological polar surface area (TPSA) is 104 Å². The first-order chi connectivity index (χ1) is 16.0. The van der Waals surface area contributed by atoms with Crippen LogP contribution in [0.5, 0.6) is 5.75 Å². The fourth-order valence-corrected chi connectivity index (χ4v) is 3.20. The van der Waals surface area contributed by atoms with Gasteiger partial charge >= 0.3 is 5.97 Å². The zero-order chi connectivity index (χ0) is 23.6. The van der Waals surface area contributed by atoms with Gasteiger partial charge in [0, 0.05) is 24.9 Å². The number of hydrogen-bond donors (Lipinski definition) is 1. The van der Waals surface area contributed by atoms with Crippen molar-refractivity contribution in [3.8, 4) is 17.1 Å². The number of benzene rings is 2. The number of aromatic nitrogens is 2. The van der Waals surface area contributed by atoms with Crippen molar-refractivity contribution in [2.24, 2.45) is 5.92 Å². The number of hydrogen-bond acceptors (Lipinski definition) is 7. The second-order valence-electron chi connectivity index (χ2n) is 7.32. The molecule has 0 aliphatic rings. The van der Waals surface area contributed by atoms with E-state index in [2.05, 4.69) is 15.5 Å². The molecule has 0 saturated carbocycles. The van der Waals surface area contributed by atoms with Crippen LogP contribution in [0.2, 0.25) is 0 Å². The van der Waals surface area contributed by atoms with Crippen molar-refractivity contribution < 1.29 is 28.0 Å². The quantitative estimate of drug-likeness (QED) is 0.442. The van der Waals surface area contributed by atoms with E-state index in [1.54, 1.807) is 12.1 Å². The minimum Gasteiger partial charge on any atom is -0.494 e. The van der Waals surface area contributed by atoms with E-state index >= 15 is 0 Å². The Morgan fingerprint density at radius 3 is 2.52 bits per heavy atom. The number of ether oxygens (including phenoxy) is 2. The van der Waals surface area contributed by atoms with Gasteiger partial charge in [-0.05, 0) is 55.3 Å². The van der Waals surface area contributed by atoms with Crippen LogP contribution in [0.15, 0.2) is 53.1 Å². The molecule has 3 aromatic rings. The Balaban J connectivity index is 1.50. The van der Waals surface area contributed by atoms with E-state index in [4.69, 9.17) is 14.0 Å². The van der Waals surface area contributed by atoms with Crippen molar-refractivity contribution in [1.82, 2.24) is 15.5 Å². The first-order valence-electron chi connectivity index (χ1n) is 10.6. The number of carbonyl (C=O) groups excluding carboxylic acids is 2. The van der Waals surface area contributed by atoms with Crippen molar-refractivity contribution in [2.75, 3.05) is 20.3 Å². The molecular formula is C24H26FN3O5. The molecule has 1 heterocycles. The lowest BCUT2D eigenvalue weighted by molar-refractivity contribution is -0.145. The minimum atomic E-state index is -0.523. The Kier molecular flexibility index (Phi) is 8.51. The number of rotatable bonds is 11. The normalized spacial score (nSPS) is 11.6. The van der Waals surface area contributed by atoms with Crippen LogP contribution >= 0.6 is 0 Å². The van der Waals surface area contributed by atoms with Crippen LogP contribution in [-0.4, -0.2) is 42.3 Å². The molecule has 0 aliphatic carbocycles. The molecule has 0 radical (unpaired) electrons. The molecule has 0 saturated heterocycles. The van der Waals surface area contributed by atoms with Gasteiger partial charge in [0.15, 0.2) is 0 Å². The lowest BCUT2D eigenvalue weighted by Gasteiger charge is -2.16. The van der Waals surface area contributed by atoms with Crippen LogP contribution < -0.4 is 10.1 Å². The Bertz CT molecular complexity index is 1050. The molecule has 0 fully saturated rings. The summed E-state index contributed by atoms with van der Waals surface area (Å²) in [5.41, 5.74) is 1.55. The maximum Gasteiger partial charge on any atom is 0.310 e. The number of amides is 1. The maximum absolute atomic E-state index is 13.0. The average molecular weight is 455 g/mol. The standard InChI is InChI=1S/C24H26FN3O5/c1-3-32-20-10-4-16(5-11-20)14-18(24(30)31-2)15-26-21(29)12-13-22-27-23(28-33-22)17-6-8-19(25)9-7-17/h4-11,18H,3,12-15H2,1-2H3,(H,26,29)/t18-/m0/s1. The molecule has 1 atom stereocenters. The number of nitrogens with zero attached hydrogens (tertiary/aromatic N) is 2. The molecule has 9 heteroatoms. The van der Waals surface area contributed by atoms with Gasteiger partial charge in [0.2, 0.25) is 17.6 Å². The third-order valence-electron chi connectivity index (χ3n) is 4.93. The molecule has 0 aliphatic heterocycles. The maximum atomic E-state index is 13.0. The molecular weight excluding hydrogens is 429 g/mol. The van der Waals surface area contributed by atoms with E-state index in [-0.39, 0.29) is 31.1 Å². The van der Waals surface area contributed by atoms with Crippen LogP contribution in [0.4, 0.5) is 4.39 Å². The van der Waals surface area contributed by atoms with Gasteiger partial charge in [-0.25, -0.2) is 4.39 Å². The number of halogens is 1. The first-order valence-corrected chi connectivity index (χ1v) is 10.6. The Morgan fingerprint density at radius 1 is 1.12 bits per heavy atom. The van der Waals surface area contributed by atoms with E-state index in [1.807, 2.05) is 31.2 Å². The van der Waals surface area contributed by atoms with Crippen LogP contribution in [-0.2, 0) is 27.2 Å². The summed E-state index contributed by atoms with van der Waals surface area (Å²) in [5, 5.41) is 6.63. The lowest BCUT2D eigenvalue weighted by atomic mass is 9.99. The summed E-state index contributed by atoms with van der Waals surface area (Å²) >= 11 is 0. The van der Waals surface area contributed by atoms with Crippen LogP contribution in [0.1, 0.15) is 24.8 Å². The van der Waals surface area contributed by atoms with Gasteiger partial charge in [-0.2, -0.15) is 4.98 Å². The fourth-order valence-electron chi connectivity index (χ4n) is 3.20. The minimum absolute atomic E-state index is 0.113. The highest BCUT2D eigenvalue weighted by molar-refractivity contribution is 5.78. The van der Waals surface area contributed by atoms with E-state index < -0.39 is 11.9 Å². The molecule has 1 aromatic heterocycles. The number of methoxy groups -OCH3 is 1. The van der Waals surface area contributed by atoms with Crippen LogP contribution in [0.25, 0.3) is 11.4 Å². The molecule has 0 spiro atoms. The molecule has 174 valence electrons. The molecule has 0 bridgehead atoms. The highest BCUT2D eigenvalue weighted by Crippen LogP contribution is 2.17. The molecule has 8 nitrogen and oxygen atoms in total. The summed E-state index contributed by atoms with van der Waals surface area (Å²) in [4.78, 5) is 28.7. The van der Waals surface area contributed by atoms with Gasteiger partial charge < -0.3 is 19.3 Å². The van der Waals surface area contributed by atoms with Crippen molar-refractivity contribution in [2.45, 2.75) is 26.2 Å². The van der Waals surface area contributed by atoms with Gasteiger partial charge in [-0.3, -0.25) is 9.59 Å². The summed E-state index contributed by atoms with van der Waals surface area (Å²) in [6.07, 6.45) is 0.772. The third-order valence-corrected chi connectivity index (χ3v) is 4.93. The summed E-state index contributed by atoms with van der Waals surface area (Å²) in [6, 6.07) is 13.2. The second kappa shape index (κ2) is 11.8. The van der Waals surface area contributed by atoms with Gasteiger partial charge in [-0.15, -0.1) is 0 Å². The first kappa shape index (κ1) is 23.9. The van der Waals surface area contributed by atoms with Gasteiger partial charge in [0.05, 0.1) is 19.6 Å². The number of esters is 1. The molecule has 1 amide bonds. The zero-order valence-electron chi connectivity index (χ0n) is 18.5. The predicted molar refractivity (Wildman–Crippen MR) is 118 cm³/mol. The van der Waals surface area contributed by atoms with Crippen LogP contribution in [0.3, 0.4) is 0 Å². The summed E-state index contributed by atoms with van der Waals surface area (Å²) in [7, 11) is 1.32. The Morgan fingerprint density at radius 2 is 1.85 bits per heavy atom. The largest absolute Gasteiger partial charge is 0.494 e. The Hall–Kier alpha value is -3.75. The molecule has 33 heavy (non-hydrogen) atoms. The number of carbonyl (C=O) groups is 2. The van der Waals surface area contributed by atoms with E-state index in [9.17, 15) is 14.0 Å². The Labute approximate surface area is 191 Å². The van der Waals surface area contributed by atoms with Crippen molar-refractivity contribution in [3.63, 3.8) is 0 Å². The van der Waals surface area contributed by atoms with Gasteiger partial charge in [0.1, 0.15) is 11.6 Å². The van der Waals surface area contributed by atoms with Crippen molar-refractivity contribution in [3.05, 3.63) is 65.8 Å². The van der Waals surface area contributed by atoms with E-state index in [1.165, 1.54) is 19.2 Å². The molecule has 2 aromatic carbocycles. The highest BCUT2D eigenvalue weighted by Gasteiger charge is 2.21. The second-order valence-corrected chi connectivity index (χ2v) is 7.32. The highest BCUT2D eigenvalue weighted by atomic mass is 19.1. The molecule has 3 rings (SSSR count). The van der Waals surface area contributed by atoms with E-state index in [0.717, 1.165) is 11.3 Å². The average Bonchev–Trinajstić information content (AvgIpc) is 3.30. The molecule has 1 N–H and O–H groups in total. The lowest BCUT2D eigenvalue weighted by Crippen LogP contribution is -2.34. The van der Waals surface area contributed by atoms with Crippen molar-refractivity contribution in [1.29, 1.82) is 0 Å². The van der Waals surface area contributed by atoms with E-state index in [0.29, 0.717) is 30.3 Å². The summed E-state index contributed by atoms with van der Waals surface area (Å²) in [6.45, 7) is 2.63. The predicted octanol–water partition coefficient (Wildman–Crippen LogP) is 3.36. The van der Waals surface area contributed by atoms with Crippen LogP contribution in [0, 0.1) is 11.7 Å². The third kappa shape index (κ3) is 7.13. The van der Waals surface area contributed by atoms with Gasteiger partial charge in [-0.1, -0.05) is 17.3 Å². The number of aryl methyl sites for hydroxylation is 1. The number of nitrogens with one attached hydrogen (secondary N) is 1. The van der Waals surface area contributed by atoms with Crippen molar-refractivity contribution >= 4 is 11.9 Å². The molecule has 0 unspecified atom stereocenters. The summed E-state index contributed by atoms with van der Waals surface area (Å²) in [5.74, 6) is -0.151.